The lowest BCUT2D eigenvalue weighted by atomic mass is 9.96. The molecular formula is C18H15N3S. The van der Waals surface area contributed by atoms with Crippen LogP contribution in [-0.4, -0.2) is 11.5 Å². The molecule has 0 spiro atoms. The topological polar surface area (TPSA) is 28.2 Å². The van der Waals surface area contributed by atoms with E-state index in [-0.39, 0.29) is 0 Å². The summed E-state index contributed by atoms with van der Waals surface area (Å²) in [5.74, 6) is 0. The van der Waals surface area contributed by atoms with E-state index in [1.54, 1.807) is 12.1 Å². The number of rotatable bonds is 1. The Labute approximate surface area is 133 Å². The van der Waals surface area contributed by atoms with Crippen molar-refractivity contribution in [2.75, 3.05) is 10.8 Å². The summed E-state index contributed by atoms with van der Waals surface area (Å²) < 4.78 is 5.79. The van der Waals surface area contributed by atoms with Gasteiger partial charge < -0.3 is 4.31 Å². The average Bonchev–Trinajstić information content (AvgIpc) is 2.99. The first-order chi connectivity index (χ1) is 10.9. The maximum Gasteiger partial charge on any atom is 0.0560 e. The van der Waals surface area contributed by atoms with Crippen molar-refractivity contribution in [1.82, 2.24) is 9.71 Å². The van der Waals surface area contributed by atoms with Gasteiger partial charge >= 0.3 is 0 Å². The maximum atomic E-state index is 4.44. The van der Waals surface area contributed by atoms with Crippen molar-refractivity contribution in [3.63, 3.8) is 0 Å². The first-order valence-electron chi connectivity index (χ1n) is 7.56. The minimum Gasteiger partial charge on any atom is -0.302 e. The van der Waals surface area contributed by atoms with Gasteiger partial charge in [-0.25, -0.2) is 4.72 Å². The van der Waals surface area contributed by atoms with Crippen LogP contribution in [0.3, 0.4) is 0 Å². The van der Waals surface area contributed by atoms with Gasteiger partial charge in [-0.1, -0.05) is 24.3 Å². The van der Waals surface area contributed by atoms with E-state index in [2.05, 4.69) is 50.4 Å². The number of fused-ring (bicyclic) bond motifs is 1. The summed E-state index contributed by atoms with van der Waals surface area (Å²) in [5, 5.41) is 2.47. The van der Waals surface area contributed by atoms with Crippen LogP contribution in [0, 0.1) is 0 Å². The molecule has 1 aromatic heterocycles. The smallest absolute Gasteiger partial charge is 0.0560 e. The van der Waals surface area contributed by atoms with Gasteiger partial charge in [-0.2, -0.15) is 0 Å². The van der Waals surface area contributed by atoms with Crippen molar-refractivity contribution >= 4 is 28.6 Å². The fraction of sp³-hybridized carbons (Fsp3) is 0.167. The molecule has 0 saturated heterocycles. The summed E-state index contributed by atoms with van der Waals surface area (Å²) in [5.41, 5.74) is 6.81. The zero-order valence-electron chi connectivity index (χ0n) is 12.0. The second-order valence-electron chi connectivity index (χ2n) is 5.82. The van der Waals surface area contributed by atoms with Crippen LogP contribution in [-0.2, 0) is 13.0 Å². The number of hydrogen-bond donors (Lipinski definition) is 1. The Morgan fingerprint density at radius 1 is 1.09 bits per heavy atom. The molecule has 1 N–H and O–H groups in total. The molecule has 2 aromatic carbocycles. The van der Waals surface area contributed by atoms with Crippen LogP contribution in [0.1, 0.15) is 11.1 Å². The number of pyridine rings is 1. The van der Waals surface area contributed by atoms with Gasteiger partial charge in [-0.3, -0.25) is 4.98 Å². The highest BCUT2D eigenvalue weighted by molar-refractivity contribution is 7.98. The van der Waals surface area contributed by atoms with Crippen LogP contribution in [0.25, 0.3) is 21.9 Å². The Kier molecular flexibility index (Phi) is 2.69. The van der Waals surface area contributed by atoms with Crippen LogP contribution in [0.4, 0.5) is 5.69 Å². The number of nitrogens with zero attached hydrogens (tertiary/aromatic N) is 2. The predicted octanol–water partition coefficient (Wildman–Crippen LogP) is 3.93. The van der Waals surface area contributed by atoms with Crippen molar-refractivity contribution in [3.05, 3.63) is 59.9 Å². The Hall–Kier alpha value is -2.04. The van der Waals surface area contributed by atoms with E-state index in [4.69, 9.17) is 0 Å². The third-order valence-electron chi connectivity index (χ3n) is 4.52. The molecule has 2 aliphatic rings. The van der Waals surface area contributed by atoms with E-state index >= 15 is 0 Å². The van der Waals surface area contributed by atoms with E-state index < -0.39 is 0 Å². The first kappa shape index (κ1) is 12.5. The third-order valence-corrected chi connectivity index (χ3v) is 5.38. The van der Waals surface area contributed by atoms with Gasteiger partial charge in [0, 0.05) is 48.6 Å². The quantitative estimate of drug-likeness (QED) is 0.690. The molecule has 5 rings (SSSR count). The first-order valence-corrected chi connectivity index (χ1v) is 8.34. The number of hydrogen-bond acceptors (Lipinski definition) is 4. The lowest BCUT2D eigenvalue weighted by Crippen LogP contribution is -2.24. The Morgan fingerprint density at radius 2 is 2.00 bits per heavy atom. The zero-order valence-corrected chi connectivity index (χ0v) is 12.9. The Balaban J connectivity index is 1.76. The van der Waals surface area contributed by atoms with E-state index in [0.29, 0.717) is 0 Å². The van der Waals surface area contributed by atoms with Gasteiger partial charge in [0.25, 0.3) is 0 Å². The van der Waals surface area contributed by atoms with Crippen LogP contribution in [0.5, 0.6) is 0 Å². The molecule has 108 valence electrons. The fourth-order valence-corrected chi connectivity index (χ4v) is 4.41. The monoisotopic (exact) mass is 305 g/mol. The normalized spacial score (nSPS) is 16.1. The van der Waals surface area contributed by atoms with E-state index in [1.165, 1.54) is 38.7 Å². The van der Waals surface area contributed by atoms with E-state index in [9.17, 15) is 0 Å². The van der Waals surface area contributed by atoms with Gasteiger partial charge in [-0.05, 0) is 40.6 Å². The van der Waals surface area contributed by atoms with Gasteiger partial charge in [0.05, 0.1) is 5.69 Å². The summed E-state index contributed by atoms with van der Waals surface area (Å²) in [6, 6.07) is 13.2. The van der Waals surface area contributed by atoms with Gasteiger partial charge in [-0.15, -0.1) is 0 Å². The molecule has 3 aromatic rings. The van der Waals surface area contributed by atoms with Crippen LogP contribution in [0.15, 0.2) is 48.8 Å². The average molecular weight is 305 g/mol. The Morgan fingerprint density at radius 3 is 3.00 bits per heavy atom. The van der Waals surface area contributed by atoms with Crippen molar-refractivity contribution in [2.24, 2.45) is 0 Å². The maximum absolute atomic E-state index is 4.44. The fourth-order valence-electron chi connectivity index (χ4n) is 3.52. The lowest BCUT2D eigenvalue weighted by molar-refractivity contribution is 0.938. The number of nitrogens with one attached hydrogen (secondary N) is 1. The molecule has 0 atom stereocenters. The molecule has 0 radical (unpaired) electrons. The summed E-state index contributed by atoms with van der Waals surface area (Å²) in [4.78, 5) is 4.44. The van der Waals surface area contributed by atoms with Gasteiger partial charge in [0.15, 0.2) is 0 Å². The second-order valence-corrected chi connectivity index (χ2v) is 6.73. The van der Waals surface area contributed by atoms with Gasteiger partial charge in [0.2, 0.25) is 0 Å². The van der Waals surface area contributed by atoms with Crippen LogP contribution in [0.2, 0.25) is 0 Å². The predicted molar refractivity (Wildman–Crippen MR) is 92.7 cm³/mol. The minimum absolute atomic E-state index is 0.926. The zero-order chi connectivity index (χ0) is 14.5. The number of anilines is 1. The van der Waals surface area contributed by atoms with Crippen molar-refractivity contribution < 1.29 is 0 Å². The lowest BCUT2D eigenvalue weighted by Gasteiger charge is -2.26. The molecule has 22 heavy (non-hydrogen) atoms. The molecule has 0 fully saturated rings. The highest BCUT2D eigenvalue weighted by Gasteiger charge is 2.27. The number of aromatic nitrogens is 1. The molecule has 0 aliphatic carbocycles. The van der Waals surface area contributed by atoms with Crippen LogP contribution < -0.4 is 9.03 Å². The molecule has 0 bridgehead atoms. The summed E-state index contributed by atoms with van der Waals surface area (Å²) >= 11 is 1.73. The second kappa shape index (κ2) is 4.73. The van der Waals surface area contributed by atoms with E-state index in [0.717, 1.165) is 19.5 Å². The minimum atomic E-state index is 0.926. The molecule has 3 heterocycles. The molecule has 3 nitrogen and oxygen atoms in total. The highest BCUT2D eigenvalue weighted by Crippen LogP contribution is 2.42. The van der Waals surface area contributed by atoms with Gasteiger partial charge in [0.1, 0.15) is 0 Å². The molecule has 0 unspecified atom stereocenters. The SMILES string of the molecule is c1ccc2c(-c3cc4c5c(c3)CNSN5CC4)cncc2c1. The molecule has 4 heteroatoms. The van der Waals surface area contributed by atoms with Crippen molar-refractivity contribution in [2.45, 2.75) is 13.0 Å². The molecule has 2 aliphatic heterocycles. The van der Waals surface area contributed by atoms with Crippen molar-refractivity contribution in [1.29, 1.82) is 0 Å². The molecular weight excluding hydrogens is 290 g/mol. The molecule has 0 amide bonds. The van der Waals surface area contributed by atoms with Crippen molar-refractivity contribution in [3.8, 4) is 11.1 Å². The van der Waals surface area contributed by atoms with Crippen LogP contribution >= 0.6 is 12.1 Å². The Bertz CT molecular complexity index is 885. The standard InChI is InChI=1S/C18H15N3S/c1-2-4-16-13(3-1)9-19-11-17(16)14-7-12-5-6-21-18(12)15(8-14)10-20-22-21/h1-4,7-9,11,20H,5-6,10H2. The molecule has 0 saturated carbocycles. The summed E-state index contributed by atoms with van der Waals surface area (Å²) in [6.45, 7) is 2.02. The highest BCUT2D eigenvalue weighted by atomic mass is 32.2. The summed E-state index contributed by atoms with van der Waals surface area (Å²) in [7, 11) is 0. The third kappa shape index (κ3) is 1.77. The largest absolute Gasteiger partial charge is 0.302 e. The van der Waals surface area contributed by atoms with E-state index in [1.807, 2.05) is 12.4 Å². The number of benzene rings is 2. The summed E-state index contributed by atoms with van der Waals surface area (Å²) in [6.07, 6.45) is 5.06.